The number of carboxylic acids is 1. The number of aromatic nitrogens is 1. The molecule has 0 spiro atoms. The van der Waals surface area contributed by atoms with Gasteiger partial charge in [0, 0.05) is 42.2 Å². The van der Waals surface area contributed by atoms with Crippen molar-refractivity contribution >= 4 is 23.7 Å². The van der Waals surface area contributed by atoms with E-state index in [1.807, 2.05) is 6.07 Å². The van der Waals surface area contributed by atoms with E-state index in [1.54, 1.807) is 30.3 Å². The van der Waals surface area contributed by atoms with Gasteiger partial charge in [0.05, 0.1) is 13.0 Å². The van der Waals surface area contributed by atoms with Gasteiger partial charge in [0.25, 0.3) is 0 Å². The van der Waals surface area contributed by atoms with Crippen LogP contribution >= 0.6 is 0 Å². The molecule has 0 amide bonds. The molecule has 1 aliphatic rings. The maximum Gasteiger partial charge on any atom is 0.305 e. The van der Waals surface area contributed by atoms with Gasteiger partial charge in [-0.3, -0.25) is 4.79 Å². The SMILES string of the molecule is N=Cc1cc(OCCc2ccc3c(n2)NCCC3)ccc1NC(CC(=O)O)Cc1ccc(F)cc1. The minimum atomic E-state index is -0.938. The van der Waals surface area contributed by atoms with Crippen LogP contribution in [0.5, 0.6) is 5.75 Å². The maximum absolute atomic E-state index is 13.2. The standard InChI is InChI=1S/C27H29FN4O3/c28-21-6-3-18(4-7-21)14-23(16-26(33)34)31-25-10-9-24(15-20(25)17-29)35-13-11-22-8-5-19-2-1-12-30-27(19)32-22/h3-10,15,17,23,29,31H,1-2,11-14,16H2,(H,30,32)(H,33,34). The molecule has 0 saturated heterocycles. The van der Waals surface area contributed by atoms with Crippen molar-refractivity contribution in [2.75, 3.05) is 23.8 Å². The van der Waals surface area contributed by atoms with Gasteiger partial charge in [0.15, 0.2) is 0 Å². The Labute approximate surface area is 203 Å². The number of aryl methyl sites for hydroxylation is 1. The zero-order valence-corrected chi connectivity index (χ0v) is 19.4. The topological polar surface area (TPSA) is 107 Å². The number of nitrogens with one attached hydrogen (secondary N) is 3. The number of hydrogen-bond donors (Lipinski definition) is 4. The van der Waals surface area contributed by atoms with Crippen LogP contribution in [-0.4, -0.2) is 41.5 Å². The molecular weight excluding hydrogens is 447 g/mol. The van der Waals surface area contributed by atoms with Gasteiger partial charge in [-0.15, -0.1) is 0 Å². The lowest BCUT2D eigenvalue weighted by atomic mass is 10.0. The van der Waals surface area contributed by atoms with Gasteiger partial charge in [-0.25, -0.2) is 9.37 Å². The minimum absolute atomic E-state index is 0.115. The van der Waals surface area contributed by atoms with Gasteiger partial charge >= 0.3 is 5.97 Å². The van der Waals surface area contributed by atoms with Crippen molar-refractivity contribution in [2.24, 2.45) is 0 Å². The third-order valence-electron chi connectivity index (χ3n) is 5.93. The van der Waals surface area contributed by atoms with E-state index in [0.717, 1.165) is 36.5 Å². The largest absolute Gasteiger partial charge is 0.493 e. The Hall–Kier alpha value is -3.94. The first kappa shape index (κ1) is 24.2. The Morgan fingerprint density at radius 1 is 1.23 bits per heavy atom. The zero-order valence-electron chi connectivity index (χ0n) is 19.4. The van der Waals surface area contributed by atoms with Crippen LogP contribution in [0.25, 0.3) is 0 Å². The second-order valence-electron chi connectivity index (χ2n) is 8.60. The van der Waals surface area contributed by atoms with E-state index in [-0.39, 0.29) is 12.2 Å². The van der Waals surface area contributed by atoms with E-state index in [1.165, 1.54) is 23.9 Å². The summed E-state index contributed by atoms with van der Waals surface area (Å²) in [6.45, 7) is 1.40. The minimum Gasteiger partial charge on any atom is -0.493 e. The van der Waals surface area contributed by atoms with Crippen molar-refractivity contribution in [3.63, 3.8) is 0 Å². The van der Waals surface area contributed by atoms with Crippen molar-refractivity contribution < 1.29 is 19.0 Å². The molecule has 1 aliphatic heterocycles. The normalized spacial score (nSPS) is 13.3. The summed E-state index contributed by atoms with van der Waals surface area (Å²) in [6, 6.07) is 15.1. The van der Waals surface area contributed by atoms with Crippen molar-refractivity contribution in [1.29, 1.82) is 5.41 Å². The lowest BCUT2D eigenvalue weighted by Gasteiger charge is -2.20. The summed E-state index contributed by atoms with van der Waals surface area (Å²) < 4.78 is 19.1. The summed E-state index contributed by atoms with van der Waals surface area (Å²) in [5.41, 5.74) is 4.27. The summed E-state index contributed by atoms with van der Waals surface area (Å²) >= 11 is 0. The summed E-state index contributed by atoms with van der Waals surface area (Å²) in [4.78, 5) is 16.1. The number of hydrogen-bond acceptors (Lipinski definition) is 6. The summed E-state index contributed by atoms with van der Waals surface area (Å²) in [7, 11) is 0. The predicted molar refractivity (Wildman–Crippen MR) is 134 cm³/mol. The molecule has 1 aromatic heterocycles. The lowest BCUT2D eigenvalue weighted by molar-refractivity contribution is -0.137. The molecule has 0 bridgehead atoms. The number of halogens is 1. The number of anilines is 2. The molecule has 1 unspecified atom stereocenters. The fraction of sp³-hybridized carbons (Fsp3) is 0.296. The first-order valence-electron chi connectivity index (χ1n) is 11.7. The smallest absolute Gasteiger partial charge is 0.305 e. The number of fused-ring (bicyclic) bond motifs is 1. The molecule has 3 aromatic rings. The van der Waals surface area contributed by atoms with Gasteiger partial charge in [0.1, 0.15) is 17.4 Å². The Kier molecular flexibility index (Phi) is 7.92. The highest BCUT2D eigenvalue weighted by Crippen LogP contribution is 2.24. The van der Waals surface area contributed by atoms with Gasteiger partial charge in [-0.05, 0) is 66.8 Å². The molecule has 1 atom stereocenters. The van der Waals surface area contributed by atoms with Crippen LogP contribution in [0.4, 0.5) is 15.9 Å². The van der Waals surface area contributed by atoms with Crippen LogP contribution in [0.3, 0.4) is 0 Å². The van der Waals surface area contributed by atoms with Crippen LogP contribution in [0.2, 0.25) is 0 Å². The first-order valence-corrected chi connectivity index (χ1v) is 11.7. The fourth-order valence-electron chi connectivity index (χ4n) is 4.17. The second-order valence-corrected chi connectivity index (χ2v) is 8.60. The predicted octanol–water partition coefficient (Wildman–Crippen LogP) is 4.70. The van der Waals surface area contributed by atoms with E-state index in [9.17, 15) is 14.3 Å². The molecule has 2 heterocycles. The molecule has 0 saturated carbocycles. The maximum atomic E-state index is 13.2. The summed E-state index contributed by atoms with van der Waals surface area (Å²) in [5, 5.41) is 23.7. The Balaban J connectivity index is 1.38. The quantitative estimate of drug-likeness (QED) is 0.299. The first-order chi connectivity index (χ1) is 17.0. The number of carbonyl (C=O) groups is 1. The number of carboxylic acid groups (broad SMARTS) is 1. The molecule has 0 fully saturated rings. The molecule has 8 heteroatoms. The number of nitrogens with zero attached hydrogens (tertiary/aromatic N) is 1. The molecule has 182 valence electrons. The summed E-state index contributed by atoms with van der Waals surface area (Å²) in [6.07, 6.45) is 4.34. The monoisotopic (exact) mass is 476 g/mol. The number of benzene rings is 2. The molecule has 35 heavy (non-hydrogen) atoms. The van der Waals surface area contributed by atoms with Crippen LogP contribution in [0, 0.1) is 11.2 Å². The van der Waals surface area contributed by atoms with E-state index in [0.29, 0.717) is 36.4 Å². The highest BCUT2D eigenvalue weighted by atomic mass is 19.1. The molecular formula is C27H29FN4O3. The Morgan fingerprint density at radius 2 is 2.06 bits per heavy atom. The summed E-state index contributed by atoms with van der Waals surface area (Å²) in [5.74, 6) is 0.314. The van der Waals surface area contributed by atoms with Crippen LogP contribution < -0.4 is 15.4 Å². The van der Waals surface area contributed by atoms with Crippen molar-refractivity contribution in [3.8, 4) is 5.75 Å². The fourth-order valence-corrected chi connectivity index (χ4v) is 4.17. The molecule has 4 N–H and O–H groups in total. The number of ether oxygens (including phenoxy) is 1. The van der Waals surface area contributed by atoms with Crippen LogP contribution in [0.1, 0.15) is 35.2 Å². The molecule has 2 aromatic carbocycles. The van der Waals surface area contributed by atoms with Gasteiger partial charge in [0.2, 0.25) is 0 Å². The van der Waals surface area contributed by atoms with Crippen LogP contribution in [-0.2, 0) is 24.1 Å². The van der Waals surface area contributed by atoms with Gasteiger partial charge in [-0.2, -0.15) is 0 Å². The number of pyridine rings is 1. The molecule has 4 rings (SSSR count). The zero-order chi connectivity index (χ0) is 24.6. The number of aliphatic carboxylic acids is 1. The third-order valence-corrected chi connectivity index (χ3v) is 5.93. The van der Waals surface area contributed by atoms with Gasteiger partial charge < -0.3 is 25.9 Å². The third kappa shape index (κ3) is 6.79. The van der Waals surface area contributed by atoms with E-state index in [2.05, 4.69) is 21.7 Å². The van der Waals surface area contributed by atoms with Crippen molar-refractivity contribution in [3.05, 3.63) is 82.8 Å². The highest BCUT2D eigenvalue weighted by Gasteiger charge is 2.16. The Bertz CT molecular complexity index is 1180. The average molecular weight is 477 g/mol. The number of rotatable bonds is 11. The van der Waals surface area contributed by atoms with E-state index in [4.69, 9.17) is 10.1 Å². The molecule has 0 aliphatic carbocycles. The van der Waals surface area contributed by atoms with Crippen molar-refractivity contribution in [1.82, 2.24) is 4.98 Å². The molecule has 0 radical (unpaired) electrons. The molecule has 7 nitrogen and oxygen atoms in total. The second kappa shape index (κ2) is 11.5. The highest BCUT2D eigenvalue weighted by molar-refractivity contribution is 5.86. The Morgan fingerprint density at radius 3 is 2.83 bits per heavy atom. The van der Waals surface area contributed by atoms with E-state index < -0.39 is 12.0 Å². The van der Waals surface area contributed by atoms with Gasteiger partial charge in [-0.1, -0.05) is 18.2 Å². The van der Waals surface area contributed by atoms with E-state index >= 15 is 0 Å². The lowest BCUT2D eigenvalue weighted by Crippen LogP contribution is -2.26. The van der Waals surface area contributed by atoms with Crippen LogP contribution in [0.15, 0.2) is 54.6 Å². The average Bonchev–Trinajstić information content (AvgIpc) is 2.85. The van der Waals surface area contributed by atoms with Crippen molar-refractivity contribution in [2.45, 2.75) is 38.1 Å².